The molecule has 1 saturated heterocycles. The molecule has 5 nitrogen and oxygen atoms in total. The molecule has 106 valence electrons. The van der Waals surface area contributed by atoms with Gasteiger partial charge in [0, 0.05) is 30.5 Å². The molecule has 3 heterocycles. The molecule has 1 atom stereocenters. The summed E-state index contributed by atoms with van der Waals surface area (Å²) in [7, 11) is 1.93. The fourth-order valence-electron chi connectivity index (χ4n) is 3.77. The van der Waals surface area contributed by atoms with Crippen LogP contribution in [0.15, 0.2) is 4.79 Å². The molecule has 0 unspecified atom stereocenters. The number of fused-ring (bicyclic) bond motifs is 3. The van der Waals surface area contributed by atoms with Crippen molar-refractivity contribution in [1.29, 1.82) is 0 Å². The maximum atomic E-state index is 12.3. The van der Waals surface area contributed by atoms with Crippen LogP contribution in [-0.2, 0) is 19.9 Å². The lowest BCUT2D eigenvalue weighted by atomic mass is 9.88. The van der Waals surface area contributed by atoms with Crippen molar-refractivity contribution in [3.63, 3.8) is 0 Å². The van der Waals surface area contributed by atoms with E-state index in [1.165, 1.54) is 23.1 Å². The van der Waals surface area contributed by atoms with Crippen molar-refractivity contribution < 1.29 is 0 Å². The van der Waals surface area contributed by atoms with Crippen molar-refractivity contribution in [2.24, 2.45) is 7.05 Å². The molecule has 4 rings (SSSR count). The lowest BCUT2D eigenvalue weighted by Gasteiger charge is -2.17. The van der Waals surface area contributed by atoms with E-state index in [0.29, 0.717) is 5.92 Å². The minimum atomic E-state index is 0.0892. The Balaban J connectivity index is 2.03. The molecular formula is C15H20N4O. The number of hydrogen-bond donors (Lipinski definition) is 2. The van der Waals surface area contributed by atoms with Gasteiger partial charge in [-0.25, -0.2) is 0 Å². The standard InChI is InChI=1S/C15H20N4O/c1-19-14-12(13(18-19)9-6-7-16-8-9)10-4-2-3-5-11(10)15(20)17-14/h9,16H,2-8H2,1H3,(H,17,20)/t9-/m0/s1. The van der Waals surface area contributed by atoms with Crippen molar-refractivity contribution >= 4 is 11.0 Å². The zero-order chi connectivity index (χ0) is 13.7. The molecular weight excluding hydrogens is 252 g/mol. The molecule has 1 aliphatic heterocycles. The molecule has 1 fully saturated rings. The molecule has 0 saturated carbocycles. The highest BCUT2D eigenvalue weighted by molar-refractivity contribution is 5.84. The second-order valence-electron chi connectivity index (χ2n) is 6.04. The second-order valence-corrected chi connectivity index (χ2v) is 6.04. The maximum Gasteiger partial charge on any atom is 0.253 e. The number of aryl methyl sites for hydroxylation is 2. The lowest BCUT2D eigenvalue weighted by Crippen LogP contribution is -2.20. The SMILES string of the molecule is Cn1nc([C@H]2CCNC2)c2c3c(c(=O)[nH]c21)CCCC3. The zero-order valence-electron chi connectivity index (χ0n) is 11.8. The Bertz CT molecular complexity index is 722. The highest BCUT2D eigenvalue weighted by Crippen LogP contribution is 2.33. The maximum absolute atomic E-state index is 12.3. The summed E-state index contributed by atoms with van der Waals surface area (Å²) in [5.74, 6) is 0.482. The molecule has 20 heavy (non-hydrogen) atoms. The summed E-state index contributed by atoms with van der Waals surface area (Å²) >= 11 is 0. The van der Waals surface area contributed by atoms with E-state index in [1.807, 2.05) is 11.7 Å². The second kappa shape index (κ2) is 4.45. The Morgan fingerprint density at radius 2 is 2.05 bits per heavy atom. The average molecular weight is 272 g/mol. The number of nitrogens with zero attached hydrogens (tertiary/aromatic N) is 2. The van der Waals surface area contributed by atoms with Crippen LogP contribution in [0.3, 0.4) is 0 Å². The molecule has 0 aromatic carbocycles. The Morgan fingerprint density at radius 1 is 1.25 bits per heavy atom. The minimum Gasteiger partial charge on any atom is -0.316 e. The first-order valence-electron chi connectivity index (χ1n) is 7.57. The predicted octanol–water partition coefficient (Wildman–Crippen LogP) is 1.22. The minimum absolute atomic E-state index is 0.0892. The molecule has 0 bridgehead atoms. The van der Waals surface area contributed by atoms with Crippen LogP contribution in [0.1, 0.15) is 42.0 Å². The monoisotopic (exact) mass is 272 g/mol. The summed E-state index contributed by atoms with van der Waals surface area (Å²) in [6.45, 7) is 2.06. The van der Waals surface area contributed by atoms with E-state index in [1.54, 1.807) is 0 Å². The first kappa shape index (κ1) is 12.1. The van der Waals surface area contributed by atoms with E-state index >= 15 is 0 Å². The van der Waals surface area contributed by atoms with Gasteiger partial charge in [-0.2, -0.15) is 5.10 Å². The van der Waals surface area contributed by atoms with Gasteiger partial charge in [0.25, 0.3) is 5.56 Å². The third kappa shape index (κ3) is 1.66. The van der Waals surface area contributed by atoms with Gasteiger partial charge in [0.1, 0.15) is 5.65 Å². The largest absolute Gasteiger partial charge is 0.316 e. The Labute approximate surface area is 117 Å². The molecule has 0 spiro atoms. The van der Waals surface area contributed by atoms with Gasteiger partial charge >= 0.3 is 0 Å². The Hall–Kier alpha value is -1.62. The van der Waals surface area contributed by atoms with E-state index in [0.717, 1.165) is 50.0 Å². The highest BCUT2D eigenvalue weighted by Gasteiger charge is 2.27. The van der Waals surface area contributed by atoms with E-state index in [2.05, 4.69) is 10.3 Å². The van der Waals surface area contributed by atoms with E-state index in [4.69, 9.17) is 5.10 Å². The predicted molar refractivity (Wildman–Crippen MR) is 78.2 cm³/mol. The Kier molecular flexibility index (Phi) is 2.70. The fourth-order valence-corrected chi connectivity index (χ4v) is 3.77. The summed E-state index contributed by atoms with van der Waals surface area (Å²) in [6, 6.07) is 0. The summed E-state index contributed by atoms with van der Waals surface area (Å²) in [4.78, 5) is 15.3. The first-order valence-corrected chi connectivity index (χ1v) is 7.57. The van der Waals surface area contributed by atoms with Crippen LogP contribution >= 0.6 is 0 Å². The highest BCUT2D eigenvalue weighted by atomic mass is 16.1. The summed E-state index contributed by atoms with van der Waals surface area (Å²) in [6.07, 6.45) is 5.39. The Morgan fingerprint density at radius 3 is 2.80 bits per heavy atom. The summed E-state index contributed by atoms with van der Waals surface area (Å²) in [5.41, 5.74) is 4.44. The third-order valence-corrected chi connectivity index (χ3v) is 4.80. The van der Waals surface area contributed by atoms with Crippen LogP contribution in [-0.4, -0.2) is 27.9 Å². The van der Waals surface area contributed by atoms with Gasteiger partial charge in [-0.3, -0.25) is 9.48 Å². The van der Waals surface area contributed by atoms with Crippen LogP contribution in [0, 0.1) is 0 Å². The van der Waals surface area contributed by atoms with Gasteiger partial charge in [0.2, 0.25) is 0 Å². The number of rotatable bonds is 1. The quantitative estimate of drug-likeness (QED) is 0.820. The molecule has 2 aromatic heterocycles. The summed E-state index contributed by atoms with van der Waals surface area (Å²) in [5, 5.41) is 9.37. The van der Waals surface area contributed by atoms with Gasteiger partial charge in [0.05, 0.1) is 5.69 Å². The summed E-state index contributed by atoms with van der Waals surface area (Å²) < 4.78 is 1.85. The molecule has 2 aromatic rings. The van der Waals surface area contributed by atoms with Crippen LogP contribution in [0.4, 0.5) is 0 Å². The van der Waals surface area contributed by atoms with Crippen molar-refractivity contribution in [3.8, 4) is 0 Å². The lowest BCUT2D eigenvalue weighted by molar-refractivity contribution is 0.679. The number of aromatic amines is 1. The molecule has 0 amide bonds. The zero-order valence-corrected chi connectivity index (χ0v) is 11.8. The molecule has 2 aliphatic rings. The van der Waals surface area contributed by atoms with Crippen LogP contribution in [0.25, 0.3) is 11.0 Å². The van der Waals surface area contributed by atoms with Gasteiger partial charge < -0.3 is 10.3 Å². The van der Waals surface area contributed by atoms with Gasteiger partial charge in [-0.05, 0) is 44.2 Å². The number of aromatic nitrogens is 3. The normalized spacial score (nSPS) is 22.4. The van der Waals surface area contributed by atoms with Crippen LogP contribution in [0.2, 0.25) is 0 Å². The number of pyridine rings is 1. The van der Waals surface area contributed by atoms with Gasteiger partial charge in [-0.15, -0.1) is 0 Å². The van der Waals surface area contributed by atoms with Crippen LogP contribution < -0.4 is 10.9 Å². The van der Waals surface area contributed by atoms with Gasteiger partial charge in [-0.1, -0.05) is 0 Å². The van der Waals surface area contributed by atoms with Crippen molar-refractivity contribution in [2.75, 3.05) is 13.1 Å². The fraction of sp³-hybridized carbons (Fsp3) is 0.600. The number of nitrogens with one attached hydrogen (secondary N) is 2. The first-order chi connectivity index (χ1) is 9.75. The van der Waals surface area contributed by atoms with Crippen molar-refractivity contribution in [2.45, 2.75) is 38.0 Å². The third-order valence-electron chi connectivity index (χ3n) is 4.80. The molecule has 5 heteroatoms. The molecule has 0 radical (unpaired) electrons. The van der Waals surface area contributed by atoms with E-state index < -0.39 is 0 Å². The topological polar surface area (TPSA) is 62.7 Å². The smallest absolute Gasteiger partial charge is 0.253 e. The molecule has 1 aliphatic carbocycles. The van der Waals surface area contributed by atoms with E-state index in [-0.39, 0.29) is 5.56 Å². The average Bonchev–Trinajstić information content (AvgIpc) is 3.08. The number of hydrogen-bond acceptors (Lipinski definition) is 3. The molecule has 2 N–H and O–H groups in total. The van der Waals surface area contributed by atoms with E-state index in [9.17, 15) is 4.79 Å². The van der Waals surface area contributed by atoms with Crippen molar-refractivity contribution in [3.05, 3.63) is 27.2 Å². The van der Waals surface area contributed by atoms with Crippen molar-refractivity contribution in [1.82, 2.24) is 20.1 Å². The van der Waals surface area contributed by atoms with Crippen LogP contribution in [0.5, 0.6) is 0 Å². The number of H-pyrrole nitrogens is 1. The van der Waals surface area contributed by atoms with Gasteiger partial charge in [0.15, 0.2) is 0 Å².